The molecule has 9 nitrogen and oxygen atoms in total. The van der Waals surface area contributed by atoms with Crippen molar-refractivity contribution in [2.75, 3.05) is 43.5 Å². The Balaban J connectivity index is 1.28. The number of nitrogens with one attached hydrogen (secondary N) is 2. The lowest BCUT2D eigenvalue weighted by Gasteiger charge is -2.30. The zero-order valence-corrected chi connectivity index (χ0v) is 24.9. The van der Waals surface area contributed by atoms with Gasteiger partial charge in [0.25, 0.3) is 0 Å². The number of aliphatic hydroxyl groups excluding tert-OH is 1. The van der Waals surface area contributed by atoms with Crippen LogP contribution in [0.2, 0.25) is 0 Å². The first-order valence-electron chi connectivity index (χ1n) is 15.7. The number of aromatic nitrogens is 4. The van der Waals surface area contributed by atoms with Gasteiger partial charge in [-0.2, -0.15) is 4.98 Å². The highest BCUT2D eigenvalue weighted by atomic mass is 19.1. The number of fused-ring (bicyclic) bond motifs is 1. The maximum Gasteiger partial charge on any atom is 0.224 e. The van der Waals surface area contributed by atoms with E-state index >= 15 is 0 Å². The molecule has 0 spiro atoms. The normalized spacial score (nSPS) is 23.0. The monoisotopic (exact) mass is 585 g/mol. The van der Waals surface area contributed by atoms with E-state index in [9.17, 15) is 13.9 Å². The number of hydrogen-bond acceptors (Lipinski definition) is 8. The lowest BCUT2D eigenvalue weighted by Crippen LogP contribution is -2.33. The first-order valence-corrected chi connectivity index (χ1v) is 15.7. The fourth-order valence-corrected chi connectivity index (χ4v) is 6.36. The summed E-state index contributed by atoms with van der Waals surface area (Å²) in [6.45, 7) is 8.49. The summed E-state index contributed by atoms with van der Waals surface area (Å²) in [7, 11) is 0. The molecule has 3 aromatic rings. The van der Waals surface area contributed by atoms with Crippen molar-refractivity contribution < 1.29 is 18.6 Å². The molecule has 0 saturated heterocycles. The molecular weight excluding hydrogens is 540 g/mol. The van der Waals surface area contributed by atoms with E-state index in [1.54, 1.807) is 6.20 Å². The summed E-state index contributed by atoms with van der Waals surface area (Å²) >= 11 is 0. The predicted octanol–water partition coefficient (Wildman–Crippen LogP) is 6.04. The van der Waals surface area contributed by atoms with E-state index in [-0.39, 0.29) is 36.4 Å². The smallest absolute Gasteiger partial charge is 0.224 e. The molecule has 0 bridgehead atoms. The van der Waals surface area contributed by atoms with Gasteiger partial charge in [0, 0.05) is 25.2 Å². The Morgan fingerprint density at radius 2 is 1.74 bits per heavy atom. The van der Waals surface area contributed by atoms with Gasteiger partial charge >= 0.3 is 0 Å². The molecule has 2 aromatic heterocycles. The van der Waals surface area contributed by atoms with Gasteiger partial charge in [-0.1, -0.05) is 19.9 Å². The highest BCUT2D eigenvalue weighted by Gasteiger charge is 2.28. The van der Waals surface area contributed by atoms with Crippen LogP contribution >= 0.6 is 0 Å². The van der Waals surface area contributed by atoms with E-state index in [0.717, 1.165) is 84.0 Å². The van der Waals surface area contributed by atoms with Gasteiger partial charge in [0.1, 0.15) is 22.8 Å². The number of nitrogens with zero attached hydrogens (tertiary/aromatic N) is 5. The quantitative estimate of drug-likeness (QED) is 0.223. The first-order chi connectivity index (χ1) is 20.5. The fraction of sp³-hybridized carbons (Fsp3) is 0.645. The molecule has 0 radical (unpaired) electrons. The first kappa shape index (κ1) is 30.6. The highest BCUT2D eigenvalue weighted by Crippen LogP contribution is 2.37. The van der Waals surface area contributed by atoms with Gasteiger partial charge in [0.15, 0.2) is 5.65 Å². The van der Waals surface area contributed by atoms with Crippen molar-refractivity contribution in [3.63, 3.8) is 0 Å². The summed E-state index contributed by atoms with van der Waals surface area (Å²) in [6.07, 6.45) is 10.4. The third kappa shape index (κ3) is 7.36. The SMILES string of the molecule is CCCN(CC)CCOC1CCC(Nc2ncc3nc(Nc4c(F)cccc4F)n(C4CCC(CO)CC4)c3n2)CC1. The molecule has 11 heteroatoms. The number of rotatable bonds is 13. The third-order valence-corrected chi connectivity index (χ3v) is 8.83. The predicted molar refractivity (Wildman–Crippen MR) is 161 cm³/mol. The molecule has 0 aliphatic heterocycles. The zero-order valence-electron chi connectivity index (χ0n) is 24.9. The van der Waals surface area contributed by atoms with E-state index in [1.807, 2.05) is 4.57 Å². The minimum atomic E-state index is -0.686. The zero-order chi connectivity index (χ0) is 29.5. The van der Waals surface area contributed by atoms with Crippen molar-refractivity contribution >= 4 is 28.7 Å². The van der Waals surface area contributed by atoms with Crippen LogP contribution in [0.25, 0.3) is 11.2 Å². The Kier molecular flexibility index (Phi) is 10.6. The molecule has 2 aliphatic carbocycles. The average Bonchev–Trinajstić information content (AvgIpc) is 3.36. The second kappa shape index (κ2) is 14.5. The standard InChI is InChI=1S/C31H45F2N7O2/c1-3-16-39(4-2)17-18-42-24-14-10-22(11-15-24)35-30-34-19-27-29(38-30)40(23-12-8-21(20-41)9-13-23)31(36-27)37-28-25(32)6-5-7-26(28)33/h5-7,19,21-24,41H,3-4,8-18,20H2,1-2H3,(H,36,37)(H,34,35,38). The largest absolute Gasteiger partial charge is 0.396 e. The van der Waals surface area contributed by atoms with Crippen LogP contribution in [-0.2, 0) is 4.74 Å². The second-order valence-electron chi connectivity index (χ2n) is 11.7. The van der Waals surface area contributed by atoms with Crippen LogP contribution in [0, 0.1) is 17.6 Å². The molecule has 2 fully saturated rings. The molecule has 2 saturated carbocycles. The van der Waals surface area contributed by atoms with Crippen LogP contribution in [0.1, 0.15) is 77.7 Å². The van der Waals surface area contributed by atoms with Crippen molar-refractivity contribution in [2.24, 2.45) is 5.92 Å². The van der Waals surface area contributed by atoms with Crippen LogP contribution in [0.5, 0.6) is 0 Å². The van der Waals surface area contributed by atoms with Crippen molar-refractivity contribution in [1.29, 1.82) is 0 Å². The highest BCUT2D eigenvalue weighted by molar-refractivity contribution is 5.76. The van der Waals surface area contributed by atoms with Gasteiger partial charge in [-0.05, 0) is 88.9 Å². The Hall–Kier alpha value is -2.89. The van der Waals surface area contributed by atoms with Crippen molar-refractivity contribution in [2.45, 2.75) is 89.8 Å². The van der Waals surface area contributed by atoms with Crippen LogP contribution in [0.15, 0.2) is 24.4 Å². The molecular formula is C31H45F2N7O2. The minimum absolute atomic E-state index is 0.0337. The van der Waals surface area contributed by atoms with Crippen molar-refractivity contribution in [1.82, 2.24) is 24.4 Å². The van der Waals surface area contributed by atoms with Gasteiger partial charge in [-0.15, -0.1) is 0 Å². The number of imidazole rings is 1. The van der Waals surface area contributed by atoms with Gasteiger partial charge < -0.3 is 25.4 Å². The van der Waals surface area contributed by atoms with E-state index in [4.69, 9.17) is 9.72 Å². The number of hydrogen-bond donors (Lipinski definition) is 3. The van der Waals surface area contributed by atoms with Gasteiger partial charge in [0.2, 0.25) is 11.9 Å². The number of anilines is 3. The topological polar surface area (TPSA) is 100 Å². The van der Waals surface area contributed by atoms with E-state index < -0.39 is 11.6 Å². The Bertz CT molecular complexity index is 1270. The third-order valence-electron chi connectivity index (χ3n) is 8.83. The number of ether oxygens (including phenoxy) is 1. The lowest BCUT2D eigenvalue weighted by molar-refractivity contribution is 0.0150. The Labute approximate surface area is 247 Å². The molecule has 230 valence electrons. The van der Waals surface area contributed by atoms with Crippen molar-refractivity contribution in [3.05, 3.63) is 36.0 Å². The molecule has 2 aliphatic rings. The molecule has 0 atom stereocenters. The number of para-hydroxylation sites is 1. The molecule has 0 amide bonds. The molecule has 1 aromatic carbocycles. The van der Waals surface area contributed by atoms with Crippen LogP contribution < -0.4 is 10.6 Å². The van der Waals surface area contributed by atoms with Crippen molar-refractivity contribution in [3.8, 4) is 0 Å². The Morgan fingerprint density at radius 1 is 1.00 bits per heavy atom. The molecule has 42 heavy (non-hydrogen) atoms. The number of aliphatic hydroxyl groups is 1. The molecule has 2 heterocycles. The fourth-order valence-electron chi connectivity index (χ4n) is 6.36. The average molecular weight is 586 g/mol. The number of likely N-dealkylation sites (N-methyl/N-ethyl adjacent to an activating group) is 1. The lowest BCUT2D eigenvalue weighted by atomic mass is 9.86. The number of benzene rings is 1. The van der Waals surface area contributed by atoms with Crippen LogP contribution in [-0.4, -0.2) is 74.5 Å². The molecule has 5 rings (SSSR count). The molecule has 3 N–H and O–H groups in total. The summed E-state index contributed by atoms with van der Waals surface area (Å²) < 4.78 is 37.3. The van der Waals surface area contributed by atoms with Gasteiger partial charge in [-0.3, -0.25) is 4.57 Å². The Morgan fingerprint density at radius 3 is 2.40 bits per heavy atom. The summed E-state index contributed by atoms with van der Waals surface area (Å²) in [5.74, 6) is -0.238. The summed E-state index contributed by atoms with van der Waals surface area (Å²) in [6, 6.07) is 4.06. The summed E-state index contributed by atoms with van der Waals surface area (Å²) in [5.41, 5.74) is 0.949. The summed E-state index contributed by atoms with van der Waals surface area (Å²) in [4.78, 5) is 16.5. The van der Waals surface area contributed by atoms with Gasteiger partial charge in [0.05, 0.1) is 18.9 Å². The molecule has 0 unspecified atom stereocenters. The van der Waals surface area contributed by atoms with E-state index in [0.29, 0.717) is 23.1 Å². The number of halogens is 2. The van der Waals surface area contributed by atoms with E-state index in [2.05, 4.69) is 39.3 Å². The van der Waals surface area contributed by atoms with Gasteiger partial charge in [-0.25, -0.2) is 18.7 Å². The van der Waals surface area contributed by atoms with E-state index in [1.165, 1.54) is 18.2 Å². The maximum atomic E-state index is 14.5. The minimum Gasteiger partial charge on any atom is -0.396 e. The summed E-state index contributed by atoms with van der Waals surface area (Å²) in [5, 5.41) is 16.1. The second-order valence-corrected chi connectivity index (χ2v) is 11.7. The van der Waals surface area contributed by atoms with Crippen LogP contribution in [0.3, 0.4) is 0 Å². The van der Waals surface area contributed by atoms with Crippen LogP contribution in [0.4, 0.5) is 26.4 Å². The maximum absolute atomic E-state index is 14.5.